The fourth-order valence-corrected chi connectivity index (χ4v) is 2.56. The molecule has 11 nitrogen and oxygen atoms in total. The van der Waals surface area contributed by atoms with Gasteiger partial charge in [-0.3, -0.25) is 14.4 Å². The summed E-state index contributed by atoms with van der Waals surface area (Å²) in [7, 11) is 0. The van der Waals surface area contributed by atoms with Crippen LogP contribution in [-0.4, -0.2) is 76.8 Å². The highest BCUT2D eigenvalue weighted by Crippen LogP contribution is 2.27. The van der Waals surface area contributed by atoms with E-state index in [-0.39, 0.29) is 0 Å². The number of aliphatic hydroxyl groups excluding tert-OH is 1. The Balaban J connectivity index is 3.06. The lowest BCUT2D eigenvalue weighted by Gasteiger charge is -2.43. The number of aliphatic hydroxyl groups is 1. The van der Waals surface area contributed by atoms with Crippen LogP contribution >= 0.6 is 34.8 Å². The maximum absolute atomic E-state index is 12.0. The van der Waals surface area contributed by atoms with Crippen molar-refractivity contribution in [2.24, 2.45) is 0 Å². The van der Waals surface area contributed by atoms with E-state index >= 15 is 0 Å². The normalized spacial score (nSPS) is 26.8. The van der Waals surface area contributed by atoms with Crippen LogP contribution in [0.2, 0.25) is 0 Å². The Bertz CT molecular complexity index is 626. The summed E-state index contributed by atoms with van der Waals surface area (Å²) in [5.41, 5.74) is 0. The minimum Gasteiger partial charge on any atom is -0.463 e. The van der Waals surface area contributed by atoms with Crippen molar-refractivity contribution in [1.82, 2.24) is 5.32 Å². The van der Waals surface area contributed by atoms with E-state index in [1.807, 2.05) is 0 Å². The maximum atomic E-state index is 12.0. The first kappa shape index (κ1) is 25.5. The van der Waals surface area contributed by atoms with Gasteiger partial charge in [-0.15, -0.1) is 0 Å². The van der Waals surface area contributed by atoms with Gasteiger partial charge in [0.2, 0.25) is 3.79 Å². The highest BCUT2D eigenvalue weighted by Gasteiger charge is 2.50. The van der Waals surface area contributed by atoms with Gasteiger partial charge in [0.1, 0.15) is 25.4 Å². The second kappa shape index (κ2) is 11.0. The molecule has 1 heterocycles. The van der Waals surface area contributed by atoms with Crippen LogP contribution in [0.1, 0.15) is 20.8 Å². The molecule has 1 unspecified atom stereocenters. The fourth-order valence-electron chi connectivity index (χ4n) is 2.40. The second-order valence-corrected chi connectivity index (χ2v) is 8.39. The van der Waals surface area contributed by atoms with E-state index < -0.39 is 71.7 Å². The number of esters is 3. The van der Waals surface area contributed by atoms with Crippen LogP contribution in [0.4, 0.5) is 4.79 Å². The average molecular weight is 481 g/mol. The number of ether oxygens (including phenoxy) is 5. The summed E-state index contributed by atoms with van der Waals surface area (Å²) >= 11 is 16.5. The summed E-state index contributed by atoms with van der Waals surface area (Å²) in [6.07, 6.45) is -6.84. The van der Waals surface area contributed by atoms with Crippen molar-refractivity contribution >= 4 is 58.8 Å². The number of carbonyl (C=O) groups is 4. The van der Waals surface area contributed by atoms with Gasteiger partial charge in [0.25, 0.3) is 0 Å². The number of amides is 1. The molecule has 1 fully saturated rings. The Labute approximate surface area is 180 Å². The number of halogens is 3. The van der Waals surface area contributed by atoms with Gasteiger partial charge >= 0.3 is 24.0 Å². The Morgan fingerprint density at radius 3 is 2.00 bits per heavy atom. The highest BCUT2D eigenvalue weighted by atomic mass is 35.6. The Morgan fingerprint density at radius 1 is 0.966 bits per heavy atom. The lowest BCUT2D eigenvalue weighted by atomic mass is 9.96. The summed E-state index contributed by atoms with van der Waals surface area (Å²) in [6.45, 7) is 2.23. The molecule has 0 aromatic heterocycles. The zero-order valence-electron chi connectivity index (χ0n) is 15.6. The van der Waals surface area contributed by atoms with Gasteiger partial charge in [-0.1, -0.05) is 34.8 Å². The molecule has 0 spiro atoms. The van der Waals surface area contributed by atoms with E-state index in [0.29, 0.717) is 0 Å². The van der Waals surface area contributed by atoms with E-state index in [4.69, 9.17) is 58.5 Å². The Morgan fingerprint density at radius 2 is 1.52 bits per heavy atom. The third-order valence-electron chi connectivity index (χ3n) is 3.37. The van der Waals surface area contributed by atoms with Gasteiger partial charge < -0.3 is 34.1 Å². The summed E-state index contributed by atoms with van der Waals surface area (Å²) < 4.78 is 23.2. The number of alkyl carbamates (subject to hydrolysis) is 1. The number of rotatable bonds is 6. The monoisotopic (exact) mass is 479 g/mol. The third-order valence-corrected chi connectivity index (χ3v) is 3.70. The van der Waals surface area contributed by atoms with Crippen molar-refractivity contribution in [2.75, 3.05) is 13.2 Å². The zero-order valence-corrected chi connectivity index (χ0v) is 17.8. The lowest BCUT2D eigenvalue weighted by molar-refractivity contribution is -0.264. The average Bonchev–Trinajstić information content (AvgIpc) is 2.55. The minimum atomic E-state index is -1.89. The third kappa shape index (κ3) is 9.22. The van der Waals surface area contributed by atoms with E-state index in [1.165, 1.54) is 0 Å². The van der Waals surface area contributed by atoms with Crippen LogP contribution in [0.15, 0.2) is 0 Å². The first-order valence-electron chi connectivity index (χ1n) is 8.11. The molecule has 1 rings (SSSR count). The highest BCUT2D eigenvalue weighted by molar-refractivity contribution is 6.67. The summed E-state index contributed by atoms with van der Waals surface area (Å²) in [5.74, 6) is -2.25. The molecular weight excluding hydrogens is 461 g/mol. The van der Waals surface area contributed by atoms with Gasteiger partial charge in [0, 0.05) is 20.8 Å². The minimum absolute atomic E-state index is 0.424. The van der Waals surface area contributed by atoms with Crippen molar-refractivity contribution in [3.05, 3.63) is 0 Å². The lowest BCUT2D eigenvalue weighted by Crippen LogP contribution is -2.66. The molecule has 166 valence electrons. The van der Waals surface area contributed by atoms with Gasteiger partial charge in [-0.05, 0) is 0 Å². The van der Waals surface area contributed by atoms with Crippen LogP contribution in [-0.2, 0) is 38.1 Å². The van der Waals surface area contributed by atoms with Gasteiger partial charge in [0.05, 0.1) is 0 Å². The van der Waals surface area contributed by atoms with Crippen LogP contribution in [0, 0.1) is 0 Å². The van der Waals surface area contributed by atoms with Crippen molar-refractivity contribution in [1.29, 1.82) is 0 Å². The molecule has 0 aromatic rings. The molecule has 5 atom stereocenters. The number of hydrogen-bond acceptors (Lipinski definition) is 10. The standard InChI is InChI=1S/C15H20Cl3NO10/c1-6(20)25-4-9-11(27-7(2)21)12(28-8(3)22)10(13(23)29-9)19-14(24)26-5-15(16,17)18/h9-13,23H,4-5H2,1-3H3,(H,19,24)/t9-,10-,11+,12-,13?/m1/s1. The number of alkyl halides is 3. The van der Waals surface area contributed by atoms with E-state index in [0.717, 1.165) is 20.8 Å². The summed E-state index contributed by atoms with van der Waals surface area (Å²) in [5, 5.41) is 12.5. The zero-order chi connectivity index (χ0) is 22.4. The van der Waals surface area contributed by atoms with E-state index in [2.05, 4.69) is 5.32 Å². The predicted molar refractivity (Wildman–Crippen MR) is 97.2 cm³/mol. The number of carbonyl (C=O) groups excluding carboxylic acids is 4. The summed E-state index contributed by atoms with van der Waals surface area (Å²) in [6, 6.07) is -1.43. The van der Waals surface area contributed by atoms with Crippen LogP contribution in [0.3, 0.4) is 0 Å². The SMILES string of the molecule is CC(=O)OC[C@H]1OC(O)[C@H](NC(=O)OCC(Cl)(Cl)Cl)[C@@H](OC(C)=O)[C@H]1OC(C)=O. The quantitative estimate of drug-likeness (QED) is 0.314. The number of nitrogens with one attached hydrogen (secondary N) is 1. The van der Waals surface area contributed by atoms with Crippen LogP contribution < -0.4 is 5.32 Å². The molecule has 1 saturated heterocycles. The van der Waals surface area contributed by atoms with Gasteiger partial charge in [-0.25, -0.2) is 4.79 Å². The first-order valence-corrected chi connectivity index (χ1v) is 9.25. The van der Waals surface area contributed by atoms with Crippen molar-refractivity contribution in [3.8, 4) is 0 Å². The smallest absolute Gasteiger partial charge is 0.407 e. The predicted octanol–water partition coefficient (Wildman–Crippen LogP) is 0.595. The topological polar surface area (TPSA) is 147 Å². The molecule has 0 aromatic carbocycles. The molecule has 0 radical (unpaired) electrons. The molecule has 1 aliphatic heterocycles. The molecule has 14 heteroatoms. The Kier molecular flexibility index (Phi) is 9.69. The Hall–Kier alpha value is -1.53. The van der Waals surface area contributed by atoms with Crippen molar-refractivity contribution in [3.63, 3.8) is 0 Å². The summed E-state index contributed by atoms with van der Waals surface area (Å²) in [4.78, 5) is 46.1. The first-order chi connectivity index (χ1) is 13.3. The molecule has 29 heavy (non-hydrogen) atoms. The molecule has 0 aliphatic carbocycles. The fraction of sp³-hybridized carbons (Fsp3) is 0.733. The van der Waals surface area contributed by atoms with Crippen LogP contribution in [0.5, 0.6) is 0 Å². The number of hydrogen-bond donors (Lipinski definition) is 2. The molecule has 2 N–H and O–H groups in total. The second-order valence-electron chi connectivity index (χ2n) is 5.88. The maximum Gasteiger partial charge on any atom is 0.407 e. The van der Waals surface area contributed by atoms with Crippen molar-refractivity contribution < 1.29 is 48.0 Å². The van der Waals surface area contributed by atoms with Crippen molar-refractivity contribution in [2.45, 2.75) is 55.2 Å². The van der Waals surface area contributed by atoms with E-state index in [1.54, 1.807) is 0 Å². The van der Waals surface area contributed by atoms with Gasteiger partial charge in [0.15, 0.2) is 18.5 Å². The van der Waals surface area contributed by atoms with E-state index in [9.17, 15) is 24.3 Å². The van der Waals surface area contributed by atoms with Crippen LogP contribution in [0.25, 0.3) is 0 Å². The molecule has 0 saturated carbocycles. The largest absolute Gasteiger partial charge is 0.463 e. The molecular formula is C15H20Cl3NO10. The molecule has 1 aliphatic rings. The molecule has 0 bridgehead atoms. The van der Waals surface area contributed by atoms with Gasteiger partial charge in [-0.2, -0.15) is 0 Å². The molecule has 1 amide bonds.